The zero-order valence-corrected chi connectivity index (χ0v) is 11.5. The monoisotopic (exact) mass is 270 g/mol. The minimum absolute atomic E-state index is 0.220. The summed E-state index contributed by atoms with van der Waals surface area (Å²) in [6, 6.07) is 7.98. The lowest BCUT2D eigenvalue weighted by Crippen LogP contribution is -2.23. The van der Waals surface area contributed by atoms with Gasteiger partial charge in [-0.2, -0.15) is 0 Å². The fourth-order valence-electron chi connectivity index (χ4n) is 2.43. The number of amides is 1. The minimum atomic E-state index is 0.220. The summed E-state index contributed by atoms with van der Waals surface area (Å²) >= 11 is 0. The number of aromatic nitrogens is 2. The van der Waals surface area contributed by atoms with E-state index in [-0.39, 0.29) is 5.91 Å². The quantitative estimate of drug-likeness (QED) is 0.897. The Labute approximate surface area is 118 Å². The standard InChI is InChI=1S/C15H18N4O/c1-11-14(18-10-17-11)9-16-12-4-6-13(7-5-12)19-8-2-3-15(19)20/h4-7,10,16H,2-3,8-9H2,1H3,(H,17,18). The lowest BCUT2D eigenvalue weighted by Gasteiger charge is -2.16. The van der Waals surface area contributed by atoms with Crippen molar-refractivity contribution < 1.29 is 4.79 Å². The van der Waals surface area contributed by atoms with Crippen molar-refractivity contribution in [2.75, 3.05) is 16.8 Å². The fourth-order valence-corrected chi connectivity index (χ4v) is 2.43. The predicted molar refractivity (Wildman–Crippen MR) is 78.7 cm³/mol. The van der Waals surface area contributed by atoms with Crippen LogP contribution in [-0.4, -0.2) is 22.4 Å². The molecule has 1 aromatic carbocycles. The van der Waals surface area contributed by atoms with Gasteiger partial charge in [0.25, 0.3) is 0 Å². The maximum Gasteiger partial charge on any atom is 0.227 e. The number of nitrogens with one attached hydrogen (secondary N) is 2. The molecule has 1 fully saturated rings. The highest BCUT2D eigenvalue weighted by Gasteiger charge is 2.21. The Bertz CT molecular complexity index is 603. The molecule has 0 aliphatic carbocycles. The third kappa shape index (κ3) is 2.52. The van der Waals surface area contributed by atoms with Crippen LogP contribution < -0.4 is 10.2 Å². The number of anilines is 2. The van der Waals surface area contributed by atoms with Crippen LogP contribution in [0.5, 0.6) is 0 Å². The van der Waals surface area contributed by atoms with Crippen LogP contribution in [0, 0.1) is 6.92 Å². The van der Waals surface area contributed by atoms with Crippen LogP contribution in [0.15, 0.2) is 30.6 Å². The molecule has 20 heavy (non-hydrogen) atoms. The lowest BCUT2D eigenvalue weighted by atomic mass is 10.2. The van der Waals surface area contributed by atoms with E-state index in [1.165, 1.54) is 0 Å². The van der Waals surface area contributed by atoms with Gasteiger partial charge in [0.15, 0.2) is 0 Å². The summed E-state index contributed by atoms with van der Waals surface area (Å²) in [5.41, 5.74) is 4.11. The number of nitrogens with zero attached hydrogens (tertiary/aromatic N) is 2. The molecule has 1 saturated heterocycles. The average molecular weight is 270 g/mol. The van der Waals surface area contributed by atoms with E-state index >= 15 is 0 Å². The smallest absolute Gasteiger partial charge is 0.227 e. The number of carbonyl (C=O) groups is 1. The molecular weight excluding hydrogens is 252 g/mol. The van der Waals surface area contributed by atoms with Crippen molar-refractivity contribution in [3.05, 3.63) is 42.0 Å². The maximum absolute atomic E-state index is 11.7. The number of carbonyl (C=O) groups excluding carboxylic acids is 1. The van der Waals surface area contributed by atoms with Crippen LogP contribution in [0.1, 0.15) is 24.2 Å². The molecule has 1 amide bonds. The number of aryl methyl sites for hydroxylation is 1. The third-order valence-corrected chi connectivity index (χ3v) is 3.65. The summed E-state index contributed by atoms with van der Waals surface area (Å²) in [6.45, 7) is 3.53. The number of hydrogen-bond acceptors (Lipinski definition) is 3. The number of rotatable bonds is 4. The molecule has 0 bridgehead atoms. The molecule has 0 saturated carbocycles. The van der Waals surface area contributed by atoms with E-state index in [1.807, 2.05) is 36.1 Å². The van der Waals surface area contributed by atoms with Gasteiger partial charge in [0.2, 0.25) is 5.91 Å². The Hall–Kier alpha value is -2.30. The Balaban J connectivity index is 1.64. The molecule has 5 nitrogen and oxygen atoms in total. The third-order valence-electron chi connectivity index (χ3n) is 3.65. The first-order valence-electron chi connectivity index (χ1n) is 6.87. The topological polar surface area (TPSA) is 61.0 Å². The zero-order valence-electron chi connectivity index (χ0n) is 11.5. The van der Waals surface area contributed by atoms with E-state index in [9.17, 15) is 4.79 Å². The second kappa shape index (κ2) is 5.36. The number of benzene rings is 1. The molecule has 0 unspecified atom stereocenters. The van der Waals surface area contributed by atoms with Gasteiger partial charge in [-0.3, -0.25) is 4.79 Å². The van der Waals surface area contributed by atoms with Crippen LogP contribution in [0.25, 0.3) is 0 Å². The van der Waals surface area contributed by atoms with Crippen LogP contribution in [0.4, 0.5) is 11.4 Å². The molecule has 104 valence electrons. The van der Waals surface area contributed by atoms with Crippen LogP contribution in [-0.2, 0) is 11.3 Å². The highest BCUT2D eigenvalue weighted by molar-refractivity contribution is 5.95. The molecule has 5 heteroatoms. The number of imidazole rings is 1. The summed E-state index contributed by atoms with van der Waals surface area (Å²) < 4.78 is 0. The maximum atomic E-state index is 11.7. The normalized spacial score (nSPS) is 14.8. The summed E-state index contributed by atoms with van der Waals surface area (Å²) in [5, 5.41) is 3.33. The first-order chi connectivity index (χ1) is 9.74. The molecule has 3 rings (SSSR count). The Morgan fingerprint density at radius 3 is 2.75 bits per heavy atom. The highest BCUT2D eigenvalue weighted by Crippen LogP contribution is 2.23. The summed E-state index contributed by atoms with van der Waals surface area (Å²) in [6.07, 6.45) is 3.32. The molecular formula is C15H18N4O. The Morgan fingerprint density at radius 2 is 2.15 bits per heavy atom. The van der Waals surface area contributed by atoms with Crippen molar-refractivity contribution in [2.45, 2.75) is 26.3 Å². The molecule has 2 aromatic rings. The van der Waals surface area contributed by atoms with Gasteiger partial charge in [-0.1, -0.05) is 0 Å². The summed E-state index contributed by atoms with van der Waals surface area (Å²) in [4.78, 5) is 20.8. The van der Waals surface area contributed by atoms with E-state index in [4.69, 9.17) is 0 Å². The number of hydrogen-bond donors (Lipinski definition) is 2. The van der Waals surface area contributed by atoms with Gasteiger partial charge in [-0.15, -0.1) is 0 Å². The Kier molecular flexibility index (Phi) is 3.41. The molecule has 1 aliphatic heterocycles. The molecule has 0 spiro atoms. The lowest BCUT2D eigenvalue weighted by molar-refractivity contribution is -0.117. The molecule has 2 heterocycles. The van der Waals surface area contributed by atoms with Gasteiger partial charge in [-0.25, -0.2) is 4.98 Å². The van der Waals surface area contributed by atoms with Crippen LogP contribution in [0.3, 0.4) is 0 Å². The van der Waals surface area contributed by atoms with E-state index in [1.54, 1.807) is 6.33 Å². The van der Waals surface area contributed by atoms with E-state index in [2.05, 4.69) is 15.3 Å². The fraction of sp³-hybridized carbons (Fsp3) is 0.333. The number of H-pyrrole nitrogens is 1. The first-order valence-corrected chi connectivity index (χ1v) is 6.87. The average Bonchev–Trinajstić information content (AvgIpc) is 3.06. The van der Waals surface area contributed by atoms with E-state index in [0.717, 1.165) is 35.7 Å². The predicted octanol–water partition coefficient (Wildman–Crippen LogP) is 2.46. The molecule has 1 aromatic heterocycles. The van der Waals surface area contributed by atoms with E-state index < -0.39 is 0 Å². The highest BCUT2D eigenvalue weighted by atomic mass is 16.2. The Morgan fingerprint density at radius 1 is 1.35 bits per heavy atom. The molecule has 1 aliphatic rings. The van der Waals surface area contributed by atoms with Gasteiger partial charge in [0.05, 0.1) is 18.6 Å². The molecule has 0 radical (unpaired) electrons. The van der Waals surface area contributed by atoms with Gasteiger partial charge in [-0.05, 0) is 37.6 Å². The van der Waals surface area contributed by atoms with Crippen molar-refractivity contribution in [2.24, 2.45) is 0 Å². The van der Waals surface area contributed by atoms with Crippen molar-refractivity contribution in [1.29, 1.82) is 0 Å². The second-order valence-electron chi connectivity index (χ2n) is 5.02. The second-order valence-corrected chi connectivity index (χ2v) is 5.02. The van der Waals surface area contributed by atoms with Gasteiger partial charge >= 0.3 is 0 Å². The van der Waals surface area contributed by atoms with Crippen molar-refractivity contribution in [3.8, 4) is 0 Å². The van der Waals surface area contributed by atoms with Crippen LogP contribution >= 0.6 is 0 Å². The SMILES string of the molecule is Cc1[nH]cnc1CNc1ccc(N2CCCC2=O)cc1. The minimum Gasteiger partial charge on any atom is -0.379 e. The summed E-state index contributed by atoms with van der Waals surface area (Å²) in [7, 11) is 0. The largest absolute Gasteiger partial charge is 0.379 e. The zero-order chi connectivity index (χ0) is 13.9. The summed E-state index contributed by atoms with van der Waals surface area (Å²) in [5.74, 6) is 0.220. The first kappa shape index (κ1) is 12.7. The van der Waals surface area contributed by atoms with Crippen molar-refractivity contribution in [1.82, 2.24) is 9.97 Å². The van der Waals surface area contributed by atoms with Gasteiger partial charge in [0, 0.05) is 30.0 Å². The van der Waals surface area contributed by atoms with Crippen molar-refractivity contribution in [3.63, 3.8) is 0 Å². The van der Waals surface area contributed by atoms with E-state index in [0.29, 0.717) is 13.0 Å². The van der Waals surface area contributed by atoms with Crippen molar-refractivity contribution >= 4 is 17.3 Å². The van der Waals surface area contributed by atoms with Crippen LogP contribution in [0.2, 0.25) is 0 Å². The molecule has 2 N–H and O–H groups in total. The van der Waals surface area contributed by atoms with Gasteiger partial charge < -0.3 is 15.2 Å². The molecule has 0 atom stereocenters. The number of aromatic amines is 1. The van der Waals surface area contributed by atoms with Gasteiger partial charge in [0.1, 0.15) is 0 Å².